The summed E-state index contributed by atoms with van der Waals surface area (Å²) in [5.74, 6) is -1.44. The van der Waals surface area contributed by atoms with Crippen LogP contribution in [-0.4, -0.2) is 55.8 Å². The van der Waals surface area contributed by atoms with Crippen LogP contribution in [-0.2, 0) is 29.1 Å². The molecule has 166 valence electrons. The number of carboxylic acids is 1. The Morgan fingerprint density at radius 1 is 1.06 bits per heavy atom. The highest BCUT2D eigenvalue weighted by molar-refractivity contribution is 7.89. The molecule has 2 unspecified atom stereocenters. The maximum atomic E-state index is 12.9. The maximum absolute atomic E-state index is 12.9. The zero-order valence-electron chi connectivity index (χ0n) is 16.1. The minimum absolute atomic E-state index is 0.122. The van der Waals surface area contributed by atoms with Crippen LogP contribution in [0.1, 0.15) is 12.0 Å². The second-order valence-corrected chi connectivity index (χ2v) is 10.4. The van der Waals surface area contributed by atoms with Gasteiger partial charge in [0.15, 0.2) is 0 Å². The fraction of sp³-hybridized carbons (Fsp3) is 0.278. The number of nitro benzene ring substituents is 1. The van der Waals surface area contributed by atoms with Crippen LogP contribution in [0.25, 0.3) is 0 Å². The SMILES string of the molecule is Cc1ccc(S(=O)(=O)N2CC(OS(=O)(=O)c3ccc([N+](=O)[O-])cc3)CC2C(=O)O)cc1. The van der Waals surface area contributed by atoms with Gasteiger partial charge in [0.25, 0.3) is 15.8 Å². The molecule has 2 aromatic carbocycles. The van der Waals surface area contributed by atoms with Crippen molar-refractivity contribution in [1.29, 1.82) is 0 Å². The topological polar surface area (TPSA) is 161 Å². The average Bonchev–Trinajstić information content (AvgIpc) is 3.13. The van der Waals surface area contributed by atoms with Crippen molar-refractivity contribution in [3.8, 4) is 0 Å². The van der Waals surface area contributed by atoms with Gasteiger partial charge in [-0.3, -0.25) is 19.1 Å². The molecule has 0 aliphatic carbocycles. The van der Waals surface area contributed by atoms with E-state index in [1.165, 1.54) is 12.1 Å². The monoisotopic (exact) mass is 470 g/mol. The first kappa shape index (κ1) is 22.8. The Morgan fingerprint density at radius 2 is 1.61 bits per heavy atom. The second-order valence-electron chi connectivity index (χ2n) is 6.90. The largest absolute Gasteiger partial charge is 0.480 e. The zero-order chi connectivity index (χ0) is 23.0. The molecule has 0 bridgehead atoms. The molecule has 2 atom stereocenters. The smallest absolute Gasteiger partial charge is 0.322 e. The van der Waals surface area contributed by atoms with Crippen LogP contribution in [0.4, 0.5) is 5.69 Å². The summed E-state index contributed by atoms with van der Waals surface area (Å²) in [6.45, 7) is 1.28. The number of rotatable bonds is 7. The molecule has 0 saturated carbocycles. The van der Waals surface area contributed by atoms with E-state index in [9.17, 15) is 36.9 Å². The third-order valence-corrected chi connectivity index (χ3v) is 7.99. The highest BCUT2D eigenvalue weighted by Gasteiger charge is 2.46. The van der Waals surface area contributed by atoms with Crippen molar-refractivity contribution in [1.82, 2.24) is 4.31 Å². The second kappa shape index (κ2) is 8.34. The van der Waals surface area contributed by atoms with Crippen molar-refractivity contribution in [2.75, 3.05) is 6.54 Å². The van der Waals surface area contributed by atoms with Crippen molar-refractivity contribution < 1.29 is 35.8 Å². The van der Waals surface area contributed by atoms with E-state index in [0.29, 0.717) is 4.31 Å². The number of carboxylic acid groups (broad SMARTS) is 1. The van der Waals surface area contributed by atoms with Gasteiger partial charge in [-0.2, -0.15) is 12.7 Å². The van der Waals surface area contributed by atoms with Gasteiger partial charge in [0, 0.05) is 25.1 Å². The molecule has 31 heavy (non-hydrogen) atoms. The van der Waals surface area contributed by atoms with Gasteiger partial charge in [0.2, 0.25) is 10.0 Å². The fourth-order valence-electron chi connectivity index (χ4n) is 3.14. The lowest BCUT2D eigenvalue weighted by molar-refractivity contribution is -0.384. The van der Waals surface area contributed by atoms with Gasteiger partial charge in [-0.25, -0.2) is 8.42 Å². The summed E-state index contributed by atoms with van der Waals surface area (Å²) in [5, 5.41) is 20.2. The van der Waals surface area contributed by atoms with Gasteiger partial charge < -0.3 is 5.11 Å². The summed E-state index contributed by atoms with van der Waals surface area (Å²) in [6.07, 6.45) is -1.63. The molecule has 0 radical (unpaired) electrons. The van der Waals surface area contributed by atoms with Crippen molar-refractivity contribution in [2.45, 2.75) is 35.3 Å². The van der Waals surface area contributed by atoms with E-state index >= 15 is 0 Å². The van der Waals surface area contributed by atoms with E-state index in [0.717, 1.165) is 29.8 Å². The predicted octanol–water partition coefficient (Wildman–Crippen LogP) is 1.52. The lowest BCUT2D eigenvalue weighted by atomic mass is 10.2. The first-order chi connectivity index (χ1) is 14.4. The number of aryl methyl sites for hydroxylation is 1. The normalized spacial score (nSPS) is 19.9. The molecule has 1 aliphatic heterocycles. The van der Waals surface area contributed by atoms with E-state index in [4.69, 9.17) is 4.18 Å². The van der Waals surface area contributed by atoms with E-state index < -0.39 is 49.7 Å². The quantitative estimate of drug-likeness (QED) is 0.359. The third kappa shape index (κ3) is 4.74. The number of sulfonamides is 1. The Labute approximate surface area is 178 Å². The first-order valence-electron chi connectivity index (χ1n) is 8.91. The summed E-state index contributed by atoms with van der Waals surface area (Å²) in [5.41, 5.74) is 0.492. The molecule has 0 amide bonds. The van der Waals surface area contributed by atoms with E-state index in [-0.39, 0.29) is 21.9 Å². The molecular weight excluding hydrogens is 452 g/mol. The van der Waals surface area contributed by atoms with Crippen LogP contribution in [0.5, 0.6) is 0 Å². The van der Waals surface area contributed by atoms with Crippen LogP contribution in [0.3, 0.4) is 0 Å². The Kier molecular flexibility index (Phi) is 6.14. The van der Waals surface area contributed by atoms with Crippen LogP contribution in [0, 0.1) is 17.0 Å². The summed E-state index contributed by atoms with van der Waals surface area (Å²) >= 11 is 0. The molecule has 1 fully saturated rings. The summed E-state index contributed by atoms with van der Waals surface area (Å²) in [4.78, 5) is 21.2. The number of carbonyl (C=O) groups is 1. The fourth-order valence-corrected chi connectivity index (χ4v) is 5.85. The van der Waals surface area contributed by atoms with Gasteiger partial charge in [0.1, 0.15) is 6.04 Å². The molecule has 1 aliphatic rings. The molecule has 0 spiro atoms. The Balaban J connectivity index is 1.85. The lowest BCUT2D eigenvalue weighted by Crippen LogP contribution is -2.40. The summed E-state index contributed by atoms with van der Waals surface area (Å²) in [7, 11) is -8.63. The molecule has 1 N–H and O–H groups in total. The molecule has 11 nitrogen and oxygen atoms in total. The van der Waals surface area contributed by atoms with Gasteiger partial charge in [0.05, 0.1) is 20.8 Å². The third-order valence-electron chi connectivity index (χ3n) is 4.73. The maximum Gasteiger partial charge on any atom is 0.322 e. The average molecular weight is 470 g/mol. The zero-order valence-corrected chi connectivity index (χ0v) is 17.7. The first-order valence-corrected chi connectivity index (χ1v) is 11.8. The Morgan fingerprint density at radius 3 is 2.13 bits per heavy atom. The molecule has 13 heteroatoms. The molecule has 3 rings (SSSR count). The van der Waals surface area contributed by atoms with Gasteiger partial charge >= 0.3 is 5.97 Å². The number of nitro groups is 1. The summed E-state index contributed by atoms with van der Waals surface area (Å²) < 4.78 is 56.7. The summed E-state index contributed by atoms with van der Waals surface area (Å²) in [6, 6.07) is 8.23. The standard InChI is InChI=1S/C18H18N2O9S2/c1-12-2-6-15(7-3-12)30(25,26)19-11-14(10-17(19)18(21)22)29-31(27,28)16-8-4-13(5-9-16)20(23)24/h2-9,14,17H,10-11H2,1H3,(H,21,22). The number of aliphatic carboxylic acids is 1. The molecule has 0 aromatic heterocycles. The number of hydrogen-bond donors (Lipinski definition) is 1. The predicted molar refractivity (Wildman–Crippen MR) is 106 cm³/mol. The Bertz CT molecular complexity index is 1210. The van der Waals surface area contributed by atoms with Crippen molar-refractivity contribution >= 4 is 31.8 Å². The van der Waals surface area contributed by atoms with E-state index in [1.54, 1.807) is 19.1 Å². The van der Waals surface area contributed by atoms with Gasteiger partial charge in [-0.15, -0.1) is 0 Å². The number of non-ortho nitro benzene ring substituents is 1. The lowest BCUT2D eigenvalue weighted by Gasteiger charge is -2.20. The highest BCUT2D eigenvalue weighted by Crippen LogP contribution is 2.30. The van der Waals surface area contributed by atoms with E-state index in [1.807, 2.05) is 0 Å². The van der Waals surface area contributed by atoms with E-state index in [2.05, 4.69) is 0 Å². The highest BCUT2D eigenvalue weighted by atomic mass is 32.2. The Hall–Kier alpha value is -2.87. The minimum atomic E-state index is -4.41. The van der Waals surface area contributed by atoms with Gasteiger partial charge in [-0.05, 0) is 31.2 Å². The molecule has 1 heterocycles. The minimum Gasteiger partial charge on any atom is -0.480 e. The van der Waals surface area contributed by atoms with Crippen LogP contribution >= 0.6 is 0 Å². The molecule has 1 saturated heterocycles. The molecular formula is C18H18N2O9S2. The molecule has 2 aromatic rings. The van der Waals surface area contributed by atoms with Crippen molar-refractivity contribution in [2.24, 2.45) is 0 Å². The number of nitrogens with zero attached hydrogens (tertiary/aromatic N) is 2. The van der Waals surface area contributed by atoms with Crippen molar-refractivity contribution in [3.05, 3.63) is 64.2 Å². The van der Waals surface area contributed by atoms with Crippen LogP contribution < -0.4 is 0 Å². The van der Waals surface area contributed by atoms with Crippen molar-refractivity contribution in [3.63, 3.8) is 0 Å². The van der Waals surface area contributed by atoms with Crippen LogP contribution in [0.15, 0.2) is 58.3 Å². The van der Waals surface area contributed by atoms with Crippen LogP contribution in [0.2, 0.25) is 0 Å². The number of hydrogen-bond acceptors (Lipinski definition) is 8. The number of benzene rings is 2. The van der Waals surface area contributed by atoms with Gasteiger partial charge in [-0.1, -0.05) is 17.7 Å².